The molecule has 1 aromatic carbocycles. The summed E-state index contributed by atoms with van der Waals surface area (Å²) in [5, 5.41) is 3.34. The van der Waals surface area contributed by atoms with Crippen LogP contribution in [0, 0.1) is 0 Å². The third-order valence-corrected chi connectivity index (χ3v) is 5.12. The Labute approximate surface area is 170 Å². The van der Waals surface area contributed by atoms with Gasteiger partial charge in [0.05, 0.1) is 35.2 Å². The molecule has 1 fully saturated rings. The average molecular weight is 387 g/mol. The van der Waals surface area contributed by atoms with Crippen LogP contribution in [-0.2, 0) is 0 Å². The minimum Gasteiger partial charge on any atom is -0.382 e. The molecule has 0 saturated carbocycles. The lowest BCUT2D eigenvalue weighted by molar-refractivity contribution is 0.501. The van der Waals surface area contributed by atoms with Crippen LogP contribution in [0.4, 0.5) is 17.2 Å². The highest BCUT2D eigenvalue weighted by atomic mass is 15.2. The molecule has 1 aliphatic rings. The number of pyridine rings is 1. The second-order valence-corrected chi connectivity index (χ2v) is 7.18. The average Bonchev–Trinajstić information content (AvgIpc) is 2.76. The number of piperidine rings is 1. The van der Waals surface area contributed by atoms with Crippen LogP contribution in [0.3, 0.4) is 0 Å². The molecule has 0 atom stereocenters. The third kappa shape index (κ3) is 4.20. The lowest BCUT2D eigenvalue weighted by atomic mass is 10.1. The van der Waals surface area contributed by atoms with Gasteiger partial charge in [0.15, 0.2) is 5.82 Å². The van der Waals surface area contributed by atoms with Crippen molar-refractivity contribution in [1.82, 2.24) is 15.0 Å². The van der Waals surface area contributed by atoms with Crippen molar-refractivity contribution in [2.75, 3.05) is 29.0 Å². The summed E-state index contributed by atoms with van der Waals surface area (Å²) in [6.07, 6.45) is 7.20. The molecular formula is C22H25N7. The minimum atomic E-state index is 0.273. The number of nitrogens with zero attached hydrogens (tertiary/aromatic N) is 4. The Hall–Kier alpha value is -3.45. The van der Waals surface area contributed by atoms with Crippen LogP contribution in [-0.4, -0.2) is 34.1 Å². The molecule has 0 radical (unpaired) electrons. The zero-order chi connectivity index (χ0) is 20.2. The maximum absolute atomic E-state index is 6.10. The monoisotopic (exact) mass is 387 g/mol. The van der Waals surface area contributed by atoms with Gasteiger partial charge in [0, 0.05) is 30.9 Å². The zero-order valence-corrected chi connectivity index (χ0v) is 16.3. The molecule has 0 amide bonds. The van der Waals surface area contributed by atoms with Gasteiger partial charge in [-0.2, -0.15) is 0 Å². The highest BCUT2D eigenvalue weighted by Gasteiger charge is 2.19. The van der Waals surface area contributed by atoms with Crippen LogP contribution >= 0.6 is 0 Å². The van der Waals surface area contributed by atoms with Crippen molar-refractivity contribution in [3.63, 3.8) is 0 Å². The smallest absolute Gasteiger partial charge is 0.151 e. The van der Waals surface area contributed by atoms with E-state index in [2.05, 4.69) is 26.8 Å². The van der Waals surface area contributed by atoms with Gasteiger partial charge >= 0.3 is 0 Å². The standard InChI is InChI=1S/C22H25N7/c1-15(21-22(24)26-14-18(28-21)16-5-3-2-4-6-16)27-19-13-25-10-7-20(19)29-11-8-17(23)9-12-29/h2-7,10,13-14,17,27H,1,8-9,11-12,23H2,(H2,24,26). The largest absolute Gasteiger partial charge is 0.382 e. The first kappa shape index (κ1) is 18.9. The topological polar surface area (TPSA) is 106 Å². The molecule has 7 nitrogen and oxygen atoms in total. The van der Waals surface area contributed by atoms with Crippen molar-refractivity contribution in [2.24, 2.45) is 5.73 Å². The van der Waals surface area contributed by atoms with Gasteiger partial charge in [0.1, 0.15) is 5.69 Å². The second-order valence-electron chi connectivity index (χ2n) is 7.18. The summed E-state index contributed by atoms with van der Waals surface area (Å²) < 4.78 is 0. The summed E-state index contributed by atoms with van der Waals surface area (Å²) in [6.45, 7) is 5.98. The highest BCUT2D eigenvalue weighted by Crippen LogP contribution is 2.30. The molecular weight excluding hydrogens is 362 g/mol. The highest BCUT2D eigenvalue weighted by molar-refractivity contribution is 5.84. The fourth-order valence-corrected chi connectivity index (χ4v) is 3.49. The predicted octanol–water partition coefficient (Wildman–Crippen LogP) is 3.13. The molecule has 3 aromatic rings. The van der Waals surface area contributed by atoms with Crippen molar-refractivity contribution in [3.8, 4) is 11.3 Å². The number of anilines is 3. The first-order valence-corrected chi connectivity index (χ1v) is 9.70. The quantitative estimate of drug-likeness (QED) is 0.617. The molecule has 0 bridgehead atoms. The Balaban J connectivity index is 1.59. The van der Waals surface area contributed by atoms with Crippen LogP contribution in [0.25, 0.3) is 17.0 Å². The first-order valence-electron chi connectivity index (χ1n) is 9.70. The molecule has 3 heterocycles. The Morgan fingerprint density at radius 1 is 1.10 bits per heavy atom. The van der Waals surface area contributed by atoms with Crippen LogP contribution in [0.15, 0.2) is 61.6 Å². The molecule has 5 N–H and O–H groups in total. The van der Waals surface area contributed by atoms with Crippen molar-refractivity contribution in [2.45, 2.75) is 18.9 Å². The summed E-state index contributed by atoms with van der Waals surface area (Å²) in [6, 6.07) is 12.1. The van der Waals surface area contributed by atoms with Gasteiger partial charge in [-0.25, -0.2) is 9.97 Å². The second kappa shape index (κ2) is 8.28. The first-order chi connectivity index (χ1) is 14.1. The van der Waals surface area contributed by atoms with E-state index in [1.54, 1.807) is 18.6 Å². The summed E-state index contributed by atoms with van der Waals surface area (Å²) in [5.74, 6) is 0.330. The number of hydrogen-bond acceptors (Lipinski definition) is 7. The number of aromatic nitrogens is 3. The molecule has 0 aliphatic carbocycles. The Kier molecular flexibility index (Phi) is 5.39. The maximum atomic E-state index is 6.10. The summed E-state index contributed by atoms with van der Waals surface area (Å²) in [7, 11) is 0. The van der Waals surface area contributed by atoms with Crippen LogP contribution in [0.1, 0.15) is 18.5 Å². The Bertz CT molecular complexity index is 995. The van der Waals surface area contributed by atoms with Crippen molar-refractivity contribution >= 4 is 22.9 Å². The summed E-state index contributed by atoms with van der Waals surface area (Å²) in [5.41, 5.74) is 16.9. The van der Waals surface area contributed by atoms with E-state index in [1.165, 1.54) is 0 Å². The van der Waals surface area contributed by atoms with Crippen molar-refractivity contribution in [1.29, 1.82) is 0 Å². The minimum absolute atomic E-state index is 0.273. The van der Waals surface area contributed by atoms with E-state index in [1.807, 2.05) is 36.4 Å². The van der Waals surface area contributed by atoms with Gasteiger partial charge in [-0.15, -0.1) is 0 Å². The van der Waals surface area contributed by atoms with E-state index in [0.29, 0.717) is 17.2 Å². The van der Waals surface area contributed by atoms with Gasteiger partial charge in [-0.05, 0) is 18.9 Å². The SMILES string of the molecule is C=C(Nc1cnccc1N1CCC(N)CC1)c1nc(-c2ccccc2)cnc1N. The number of benzene rings is 1. The van der Waals surface area contributed by atoms with Gasteiger partial charge in [-0.3, -0.25) is 4.98 Å². The molecule has 4 rings (SSSR count). The number of nitrogens with two attached hydrogens (primary N) is 2. The lowest BCUT2D eigenvalue weighted by Crippen LogP contribution is -2.39. The normalized spacial score (nSPS) is 14.6. The summed E-state index contributed by atoms with van der Waals surface area (Å²) in [4.78, 5) is 15.6. The molecule has 1 saturated heterocycles. The third-order valence-electron chi connectivity index (χ3n) is 5.12. The van der Waals surface area contributed by atoms with E-state index in [-0.39, 0.29) is 6.04 Å². The number of nitrogens with one attached hydrogen (secondary N) is 1. The molecule has 0 unspecified atom stereocenters. The van der Waals surface area contributed by atoms with E-state index in [4.69, 9.17) is 16.5 Å². The molecule has 2 aromatic heterocycles. The van der Waals surface area contributed by atoms with Gasteiger partial charge in [-0.1, -0.05) is 36.9 Å². The van der Waals surface area contributed by atoms with Gasteiger partial charge < -0.3 is 21.7 Å². The molecule has 1 aliphatic heterocycles. The van der Waals surface area contributed by atoms with E-state index >= 15 is 0 Å². The van der Waals surface area contributed by atoms with Crippen LogP contribution in [0.5, 0.6) is 0 Å². The Morgan fingerprint density at radius 3 is 2.62 bits per heavy atom. The van der Waals surface area contributed by atoms with Gasteiger partial charge in [0.25, 0.3) is 0 Å². The van der Waals surface area contributed by atoms with Gasteiger partial charge in [0.2, 0.25) is 0 Å². The van der Waals surface area contributed by atoms with Crippen molar-refractivity contribution in [3.05, 3.63) is 67.3 Å². The Morgan fingerprint density at radius 2 is 1.86 bits per heavy atom. The number of rotatable bonds is 5. The van der Waals surface area contributed by atoms with E-state index in [9.17, 15) is 0 Å². The number of hydrogen-bond donors (Lipinski definition) is 3. The summed E-state index contributed by atoms with van der Waals surface area (Å²) >= 11 is 0. The zero-order valence-electron chi connectivity index (χ0n) is 16.3. The molecule has 29 heavy (non-hydrogen) atoms. The van der Waals surface area contributed by atoms with Crippen LogP contribution in [0.2, 0.25) is 0 Å². The van der Waals surface area contributed by atoms with E-state index < -0.39 is 0 Å². The number of nitrogen functional groups attached to an aromatic ring is 1. The molecule has 0 spiro atoms. The van der Waals surface area contributed by atoms with E-state index in [0.717, 1.165) is 48.6 Å². The molecule has 148 valence electrons. The maximum Gasteiger partial charge on any atom is 0.151 e. The fourth-order valence-electron chi connectivity index (χ4n) is 3.49. The van der Waals surface area contributed by atoms with Crippen molar-refractivity contribution < 1.29 is 0 Å². The molecule has 7 heteroatoms. The lowest BCUT2D eigenvalue weighted by Gasteiger charge is -2.33. The fraction of sp³-hybridized carbons (Fsp3) is 0.227. The van der Waals surface area contributed by atoms with Crippen LogP contribution < -0.4 is 21.7 Å². The predicted molar refractivity (Wildman–Crippen MR) is 118 cm³/mol.